The maximum Gasteiger partial charge on any atom is 0.236 e. The summed E-state index contributed by atoms with van der Waals surface area (Å²) in [6.45, 7) is 7.41. The molecule has 2 heterocycles. The molecule has 7 nitrogen and oxygen atoms in total. The number of nitrogens with one attached hydrogen (secondary N) is 1. The number of benzene rings is 1. The quantitative estimate of drug-likeness (QED) is 0.725. The lowest BCUT2D eigenvalue weighted by atomic mass is 10.0. The minimum Gasteiger partial charge on any atom is -0.349 e. The normalized spacial score (nSPS) is 20.9. The van der Waals surface area contributed by atoms with Crippen molar-refractivity contribution in [3.05, 3.63) is 34.9 Å². The number of hydrogen-bond acceptors (Lipinski definition) is 4. The lowest BCUT2D eigenvalue weighted by molar-refractivity contribution is -0.137. The van der Waals surface area contributed by atoms with Crippen LogP contribution in [-0.4, -0.2) is 77.7 Å². The molecule has 0 aliphatic carbocycles. The third-order valence-corrected chi connectivity index (χ3v) is 6.49. The maximum absolute atomic E-state index is 12.9. The van der Waals surface area contributed by atoms with Crippen LogP contribution in [0.3, 0.4) is 0 Å². The fraction of sp³-hybridized carbons (Fsp3) is 0.609. The van der Waals surface area contributed by atoms with Crippen molar-refractivity contribution in [2.45, 2.75) is 51.6 Å². The summed E-state index contributed by atoms with van der Waals surface area (Å²) in [7, 11) is 0. The number of hydrogen-bond donors (Lipinski definition) is 1. The summed E-state index contributed by atoms with van der Waals surface area (Å²) in [5.74, 6) is 0.0211. The van der Waals surface area contributed by atoms with Crippen molar-refractivity contribution in [2.75, 3.05) is 39.3 Å². The molecule has 0 spiro atoms. The molecule has 2 saturated heterocycles. The van der Waals surface area contributed by atoms with E-state index in [1.165, 1.54) is 13.3 Å². The predicted octanol–water partition coefficient (Wildman–Crippen LogP) is 2.45. The van der Waals surface area contributed by atoms with Gasteiger partial charge in [0.25, 0.3) is 0 Å². The van der Waals surface area contributed by atoms with E-state index in [0.717, 1.165) is 24.9 Å². The molecule has 1 aromatic rings. The zero-order chi connectivity index (χ0) is 22.4. The number of piperidine rings is 1. The van der Waals surface area contributed by atoms with E-state index in [-0.39, 0.29) is 30.2 Å². The summed E-state index contributed by atoms with van der Waals surface area (Å²) in [5, 5.41) is 3.48. The minimum absolute atomic E-state index is 0.00401. The summed E-state index contributed by atoms with van der Waals surface area (Å²) >= 11 is 5.96. The number of likely N-dealkylation sites (tertiary alicyclic amines) is 1. The van der Waals surface area contributed by atoms with Crippen LogP contribution in [0.2, 0.25) is 5.02 Å². The molecule has 3 amide bonds. The smallest absolute Gasteiger partial charge is 0.236 e. The van der Waals surface area contributed by atoms with Crippen LogP contribution in [0.1, 0.15) is 51.1 Å². The van der Waals surface area contributed by atoms with Gasteiger partial charge in [0.15, 0.2) is 0 Å². The minimum atomic E-state index is -0.387. The molecule has 1 N–H and O–H groups in total. The van der Waals surface area contributed by atoms with E-state index >= 15 is 0 Å². The molecule has 0 aromatic heterocycles. The topological polar surface area (TPSA) is 73.0 Å². The number of halogens is 1. The van der Waals surface area contributed by atoms with E-state index < -0.39 is 0 Å². The van der Waals surface area contributed by atoms with Crippen molar-refractivity contribution < 1.29 is 14.4 Å². The van der Waals surface area contributed by atoms with Gasteiger partial charge in [0.2, 0.25) is 17.7 Å². The largest absolute Gasteiger partial charge is 0.349 e. The third-order valence-electron chi connectivity index (χ3n) is 6.24. The van der Waals surface area contributed by atoms with Gasteiger partial charge >= 0.3 is 0 Å². The van der Waals surface area contributed by atoms with E-state index in [1.807, 2.05) is 21.9 Å². The molecule has 2 aliphatic heterocycles. The van der Waals surface area contributed by atoms with Gasteiger partial charge in [-0.25, -0.2) is 0 Å². The lowest BCUT2D eigenvalue weighted by Gasteiger charge is -2.38. The summed E-state index contributed by atoms with van der Waals surface area (Å²) in [6, 6.07) is 7.12. The molecule has 3 rings (SSSR count). The Balaban J connectivity index is 1.50. The highest BCUT2D eigenvalue weighted by Gasteiger charge is 2.28. The van der Waals surface area contributed by atoms with Crippen molar-refractivity contribution in [1.29, 1.82) is 0 Å². The highest BCUT2D eigenvalue weighted by atomic mass is 35.5. The number of nitrogens with zero attached hydrogens (tertiary/aromatic N) is 3. The van der Waals surface area contributed by atoms with Crippen molar-refractivity contribution >= 4 is 29.3 Å². The maximum atomic E-state index is 12.9. The number of amides is 3. The van der Waals surface area contributed by atoms with Gasteiger partial charge in [-0.3, -0.25) is 19.3 Å². The Morgan fingerprint density at radius 1 is 1.03 bits per heavy atom. The second-order valence-electron chi connectivity index (χ2n) is 8.60. The Labute approximate surface area is 189 Å². The lowest BCUT2D eigenvalue weighted by Crippen LogP contribution is -2.53. The summed E-state index contributed by atoms with van der Waals surface area (Å²) in [5.41, 5.74) is 0.854. The predicted molar refractivity (Wildman–Crippen MR) is 121 cm³/mol. The van der Waals surface area contributed by atoms with E-state index in [2.05, 4.69) is 17.1 Å². The highest BCUT2D eigenvalue weighted by Crippen LogP contribution is 2.21. The first-order valence-corrected chi connectivity index (χ1v) is 11.5. The van der Waals surface area contributed by atoms with Gasteiger partial charge in [-0.2, -0.15) is 0 Å². The Kier molecular flexibility index (Phi) is 8.32. The Hall–Kier alpha value is -2.12. The van der Waals surface area contributed by atoms with Gasteiger partial charge in [0.1, 0.15) is 0 Å². The average molecular weight is 449 g/mol. The first-order chi connectivity index (χ1) is 14.8. The standard InChI is InChI=1S/C23H33ClN4O3/c1-17-5-3-4-10-28(17)23(31)16-26-11-13-27(14-12-26)22(30)15-21(25-18(2)29)19-6-8-20(24)9-7-19/h6-9,17,21H,3-5,10-16H2,1-2H3,(H,25,29). The highest BCUT2D eigenvalue weighted by molar-refractivity contribution is 6.30. The molecule has 31 heavy (non-hydrogen) atoms. The first kappa shape index (κ1) is 23.5. The van der Waals surface area contributed by atoms with Gasteiger partial charge in [-0.05, 0) is 43.9 Å². The molecule has 0 radical (unpaired) electrons. The molecular formula is C23H33ClN4O3. The van der Waals surface area contributed by atoms with Crippen LogP contribution in [-0.2, 0) is 14.4 Å². The fourth-order valence-electron chi connectivity index (χ4n) is 4.40. The molecule has 2 atom stereocenters. The van der Waals surface area contributed by atoms with Crippen LogP contribution < -0.4 is 5.32 Å². The van der Waals surface area contributed by atoms with Gasteiger partial charge in [0, 0.05) is 50.7 Å². The van der Waals surface area contributed by atoms with E-state index in [9.17, 15) is 14.4 Å². The molecule has 8 heteroatoms. The molecule has 0 saturated carbocycles. The molecule has 1 aromatic carbocycles. The fourth-order valence-corrected chi connectivity index (χ4v) is 4.53. The summed E-state index contributed by atoms with van der Waals surface area (Å²) in [6.07, 6.45) is 3.56. The van der Waals surface area contributed by atoms with Crippen LogP contribution in [0.4, 0.5) is 0 Å². The molecule has 0 bridgehead atoms. The second-order valence-corrected chi connectivity index (χ2v) is 9.03. The van der Waals surface area contributed by atoms with Crippen molar-refractivity contribution in [3.63, 3.8) is 0 Å². The van der Waals surface area contributed by atoms with E-state index in [4.69, 9.17) is 11.6 Å². The molecule has 2 aliphatic rings. The average Bonchev–Trinajstić information content (AvgIpc) is 2.74. The Bertz CT molecular complexity index is 778. The molecule has 2 unspecified atom stereocenters. The summed E-state index contributed by atoms with van der Waals surface area (Å²) < 4.78 is 0. The van der Waals surface area contributed by atoms with Gasteiger partial charge in [-0.15, -0.1) is 0 Å². The molecular weight excluding hydrogens is 416 g/mol. The number of carbonyl (C=O) groups is 3. The van der Waals surface area contributed by atoms with Gasteiger partial charge in [0.05, 0.1) is 19.0 Å². The van der Waals surface area contributed by atoms with E-state index in [0.29, 0.717) is 43.8 Å². The van der Waals surface area contributed by atoms with Crippen LogP contribution in [0.5, 0.6) is 0 Å². The zero-order valence-electron chi connectivity index (χ0n) is 18.5. The SMILES string of the molecule is CC(=O)NC(CC(=O)N1CCN(CC(=O)N2CCCCC2C)CC1)c1ccc(Cl)cc1. The van der Waals surface area contributed by atoms with Crippen molar-refractivity contribution in [3.8, 4) is 0 Å². The van der Waals surface area contributed by atoms with Gasteiger partial charge < -0.3 is 15.1 Å². The molecule has 2 fully saturated rings. The van der Waals surface area contributed by atoms with Crippen LogP contribution in [0, 0.1) is 0 Å². The third kappa shape index (κ3) is 6.68. The zero-order valence-corrected chi connectivity index (χ0v) is 19.2. The van der Waals surface area contributed by atoms with Crippen LogP contribution in [0.25, 0.3) is 0 Å². The number of rotatable bonds is 6. The number of carbonyl (C=O) groups excluding carboxylic acids is 3. The van der Waals surface area contributed by atoms with Crippen LogP contribution in [0.15, 0.2) is 24.3 Å². The first-order valence-electron chi connectivity index (χ1n) is 11.2. The van der Waals surface area contributed by atoms with Crippen molar-refractivity contribution in [1.82, 2.24) is 20.0 Å². The number of piperazine rings is 1. The second kappa shape index (κ2) is 11.0. The Morgan fingerprint density at radius 3 is 2.32 bits per heavy atom. The molecule has 170 valence electrons. The van der Waals surface area contributed by atoms with Crippen molar-refractivity contribution in [2.24, 2.45) is 0 Å². The Morgan fingerprint density at radius 2 is 1.71 bits per heavy atom. The monoisotopic (exact) mass is 448 g/mol. The summed E-state index contributed by atoms with van der Waals surface area (Å²) in [4.78, 5) is 43.2. The van der Waals surface area contributed by atoms with Crippen LogP contribution >= 0.6 is 11.6 Å². The van der Waals surface area contributed by atoms with Gasteiger partial charge in [-0.1, -0.05) is 23.7 Å². The van der Waals surface area contributed by atoms with E-state index in [1.54, 1.807) is 12.1 Å².